The Morgan fingerprint density at radius 3 is 2.65 bits per heavy atom. The first-order valence-corrected chi connectivity index (χ1v) is 7.23. The van der Waals surface area contributed by atoms with E-state index >= 15 is 0 Å². The smallest absolute Gasteiger partial charge is 0.171 e. The van der Waals surface area contributed by atoms with E-state index in [-0.39, 0.29) is 0 Å². The summed E-state index contributed by atoms with van der Waals surface area (Å²) < 4.78 is 7.74. The van der Waals surface area contributed by atoms with Gasteiger partial charge in [0.1, 0.15) is 11.8 Å². The van der Waals surface area contributed by atoms with E-state index in [2.05, 4.69) is 42.0 Å². The molecule has 0 aliphatic heterocycles. The van der Waals surface area contributed by atoms with Crippen LogP contribution >= 0.6 is 11.3 Å². The fraction of sp³-hybridized carbons (Fsp3) is 0.125. The molecule has 4 heteroatoms. The second-order valence-electron chi connectivity index (χ2n) is 4.99. The topological polar surface area (TPSA) is 38.9 Å². The average molecular weight is 280 g/mol. The maximum atomic E-state index is 5.53. The van der Waals surface area contributed by atoms with E-state index in [0.717, 1.165) is 31.8 Å². The van der Waals surface area contributed by atoms with Gasteiger partial charge in [-0.2, -0.15) is 0 Å². The maximum absolute atomic E-state index is 5.53. The number of benzene rings is 1. The predicted molar refractivity (Wildman–Crippen MR) is 82.1 cm³/mol. The Bertz CT molecular complexity index is 916. The highest BCUT2D eigenvalue weighted by atomic mass is 32.1. The summed E-state index contributed by atoms with van der Waals surface area (Å²) in [7, 11) is 0. The van der Waals surface area contributed by atoms with Crippen molar-refractivity contribution in [3.63, 3.8) is 0 Å². The van der Waals surface area contributed by atoms with Crippen LogP contribution in [-0.4, -0.2) is 9.97 Å². The fourth-order valence-corrected chi connectivity index (χ4v) is 3.70. The molecule has 3 heterocycles. The highest BCUT2D eigenvalue weighted by Crippen LogP contribution is 2.38. The van der Waals surface area contributed by atoms with Crippen molar-refractivity contribution in [2.75, 3.05) is 0 Å². The maximum Gasteiger partial charge on any atom is 0.171 e. The number of aryl methyl sites for hydroxylation is 2. The number of fused-ring (bicyclic) bond motifs is 3. The molecule has 0 N–H and O–H groups in total. The minimum absolute atomic E-state index is 0.859. The van der Waals surface area contributed by atoms with E-state index in [0.29, 0.717) is 0 Å². The summed E-state index contributed by atoms with van der Waals surface area (Å²) in [4.78, 5) is 8.87. The average Bonchev–Trinajstić information content (AvgIpc) is 2.97. The van der Waals surface area contributed by atoms with Gasteiger partial charge in [-0.3, -0.25) is 0 Å². The van der Waals surface area contributed by atoms with Crippen LogP contribution in [-0.2, 0) is 0 Å². The van der Waals surface area contributed by atoms with Gasteiger partial charge in [-0.05, 0) is 32.0 Å². The lowest BCUT2D eigenvalue weighted by Crippen LogP contribution is -1.88. The third-order valence-electron chi connectivity index (χ3n) is 3.36. The van der Waals surface area contributed by atoms with Crippen molar-refractivity contribution in [3.05, 3.63) is 48.0 Å². The van der Waals surface area contributed by atoms with Crippen molar-refractivity contribution in [1.29, 1.82) is 0 Å². The summed E-state index contributed by atoms with van der Waals surface area (Å²) in [5, 5.41) is 0. The molecule has 0 amide bonds. The number of aromatic nitrogens is 2. The van der Waals surface area contributed by atoms with Crippen molar-refractivity contribution in [2.24, 2.45) is 0 Å². The Morgan fingerprint density at radius 2 is 1.85 bits per heavy atom. The van der Waals surface area contributed by atoms with Gasteiger partial charge in [0, 0.05) is 5.56 Å². The molecule has 0 aliphatic carbocycles. The van der Waals surface area contributed by atoms with E-state index in [9.17, 15) is 0 Å². The Kier molecular flexibility index (Phi) is 2.41. The zero-order valence-electron chi connectivity index (χ0n) is 11.2. The van der Waals surface area contributed by atoms with Gasteiger partial charge in [0.25, 0.3) is 0 Å². The molecule has 0 fully saturated rings. The van der Waals surface area contributed by atoms with Gasteiger partial charge in [0.05, 0.1) is 21.4 Å². The molecule has 3 aromatic heterocycles. The quantitative estimate of drug-likeness (QED) is 0.506. The van der Waals surface area contributed by atoms with E-state index in [1.54, 1.807) is 23.9 Å². The monoisotopic (exact) mass is 280 g/mol. The van der Waals surface area contributed by atoms with Crippen molar-refractivity contribution in [3.8, 4) is 11.3 Å². The van der Waals surface area contributed by atoms with Gasteiger partial charge in [-0.15, -0.1) is 11.3 Å². The molecule has 0 saturated heterocycles. The summed E-state index contributed by atoms with van der Waals surface area (Å²) in [6, 6.07) is 8.47. The predicted octanol–water partition coefficient (Wildman–Crippen LogP) is 4.72. The molecule has 98 valence electrons. The molecule has 20 heavy (non-hydrogen) atoms. The Morgan fingerprint density at radius 1 is 1.05 bits per heavy atom. The SMILES string of the molecule is Cc1cc(C)cc(-c2ncnc3c2sc2ccoc23)c1. The van der Waals surface area contributed by atoms with Crippen LogP contribution in [0.3, 0.4) is 0 Å². The molecule has 1 aromatic carbocycles. The lowest BCUT2D eigenvalue weighted by Gasteiger charge is -2.05. The first-order chi connectivity index (χ1) is 9.72. The third-order valence-corrected chi connectivity index (χ3v) is 4.49. The van der Waals surface area contributed by atoms with Gasteiger partial charge in [-0.1, -0.05) is 17.2 Å². The summed E-state index contributed by atoms with van der Waals surface area (Å²) in [6.45, 7) is 4.21. The standard InChI is InChI=1S/C16H12N2OS/c1-9-5-10(2)7-11(6-9)13-16-14(18-8-17-13)15-12(20-16)3-4-19-15/h3-8H,1-2H3. The van der Waals surface area contributed by atoms with Gasteiger partial charge >= 0.3 is 0 Å². The minimum atomic E-state index is 0.859. The highest BCUT2D eigenvalue weighted by molar-refractivity contribution is 7.26. The number of furan rings is 1. The Labute approximate surface area is 119 Å². The molecule has 0 atom stereocenters. The van der Waals surface area contributed by atoms with Crippen molar-refractivity contribution in [1.82, 2.24) is 9.97 Å². The van der Waals surface area contributed by atoms with Crippen LogP contribution in [0.15, 0.2) is 41.3 Å². The zero-order valence-corrected chi connectivity index (χ0v) is 12.0. The molecule has 0 aliphatic rings. The molecule has 0 unspecified atom stereocenters. The molecule has 0 radical (unpaired) electrons. The number of thiophene rings is 1. The Balaban J connectivity index is 2.08. The largest absolute Gasteiger partial charge is 0.461 e. The highest BCUT2D eigenvalue weighted by Gasteiger charge is 2.14. The van der Waals surface area contributed by atoms with Gasteiger partial charge in [-0.25, -0.2) is 9.97 Å². The van der Waals surface area contributed by atoms with Crippen molar-refractivity contribution < 1.29 is 4.42 Å². The second kappa shape index (κ2) is 4.15. The van der Waals surface area contributed by atoms with Crippen LogP contribution in [0, 0.1) is 13.8 Å². The summed E-state index contributed by atoms with van der Waals surface area (Å²) in [6.07, 6.45) is 3.32. The van der Waals surface area contributed by atoms with Gasteiger partial charge in [0.2, 0.25) is 0 Å². The van der Waals surface area contributed by atoms with E-state index in [1.165, 1.54) is 11.1 Å². The van der Waals surface area contributed by atoms with E-state index < -0.39 is 0 Å². The van der Waals surface area contributed by atoms with Crippen molar-refractivity contribution >= 4 is 31.8 Å². The molecule has 0 saturated carbocycles. The molecular weight excluding hydrogens is 268 g/mol. The summed E-state index contributed by atoms with van der Waals surface area (Å²) in [5.41, 5.74) is 6.37. The first-order valence-electron chi connectivity index (χ1n) is 6.42. The third kappa shape index (κ3) is 1.65. The first kappa shape index (κ1) is 11.6. The molecule has 4 rings (SSSR count). The van der Waals surface area contributed by atoms with Gasteiger partial charge in [0.15, 0.2) is 5.58 Å². The molecular formula is C16H12N2OS. The van der Waals surface area contributed by atoms with Crippen LogP contribution < -0.4 is 0 Å². The number of nitrogens with zero attached hydrogens (tertiary/aromatic N) is 2. The summed E-state index contributed by atoms with van der Waals surface area (Å²) in [5.74, 6) is 0. The molecule has 0 spiro atoms. The van der Waals surface area contributed by atoms with Crippen molar-refractivity contribution in [2.45, 2.75) is 13.8 Å². The second-order valence-corrected chi connectivity index (χ2v) is 6.04. The van der Waals surface area contributed by atoms with Crippen LogP contribution in [0.4, 0.5) is 0 Å². The van der Waals surface area contributed by atoms with Crippen LogP contribution in [0.5, 0.6) is 0 Å². The van der Waals surface area contributed by atoms with Crippen LogP contribution in [0.2, 0.25) is 0 Å². The van der Waals surface area contributed by atoms with E-state index in [4.69, 9.17) is 4.42 Å². The van der Waals surface area contributed by atoms with Gasteiger partial charge < -0.3 is 4.42 Å². The lowest BCUT2D eigenvalue weighted by atomic mass is 10.0. The van der Waals surface area contributed by atoms with Crippen LogP contribution in [0.1, 0.15) is 11.1 Å². The number of rotatable bonds is 1. The van der Waals surface area contributed by atoms with Crippen LogP contribution in [0.25, 0.3) is 31.8 Å². The lowest BCUT2D eigenvalue weighted by molar-refractivity contribution is 0.618. The fourth-order valence-electron chi connectivity index (χ4n) is 2.61. The minimum Gasteiger partial charge on any atom is -0.461 e. The molecule has 0 bridgehead atoms. The number of hydrogen-bond donors (Lipinski definition) is 0. The zero-order chi connectivity index (χ0) is 13.7. The normalized spacial score (nSPS) is 11.5. The van der Waals surface area contributed by atoms with E-state index in [1.807, 2.05) is 6.07 Å². The molecule has 3 nitrogen and oxygen atoms in total. The Hall–Kier alpha value is -2.20. The summed E-state index contributed by atoms with van der Waals surface area (Å²) >= 11 is 1.68. The number of hydrogen-bond acceptors (Lipinski definition) is 4. The molecule has 4 aromatic rings.